The minimum absolute atomic E-state index is 0.308. The first-order valence-corrected chi connectivity index (χ1v) is 8.47. The lowest BCUT2D eigenvalue weighted by Crippen LogP contribution is -2.36. The summed E-state index contributed by atoms with van der Waals surface area (Å²) in [4.78, 5) is 2.58. The van der Waals surface area contributed by atoms with Crippen molar-refractivity contribution in [3.63, 3.8) is 0 Å². The Balaban J connectivity index is 1.93. The Kier molecular flexibility index (Phi) is 5.15. The van der Waals surface area contributed by atoms with Crippen molar-refractivity contribution < 1.29 is 8.42 Å². The molecule has 1 fully saturated rings. The molecule has 0 bridgehead atoms. The van der Waals surface area contributed by atoms with Crippen molar-refractivity contribution in [3.05, 3.63) is 29.8 Å². The molecule has 0 amide bonds. The molecule has 5 nitrogen and oxygen atoms in total. The maximum absolute atomic E-state index is 12.2. The molecule has 0 spiro atoms. The molecule has 0 saturated carbocycles. The van der Waals surface area contributed by atoms with Crippen molar-refractivity contribution in [1.82, 2.24) is 9.62 Å². The summed E-state index contributed by atoms with van der Waals surface area (Å²) in [7, 11) is -1.31. The van der Waals surface area contributed by atoms with E-state index in [4.69, 9.17) is 5.73 Å². The SMILES string of the molecule is CN1CCC(CNS(=O)(=O)c2ccc(CN)cc2)CC1. The minimum atomic E-state index is -3.40. The fourth-order valence-corrected chi connectivity index (χ4v) is 3.50. The second kappa shape index (κ2) is 6.67. The van der Waals surface area contributed by atoms with E-state index in [-0.39, 0.29) is 0 Å². The Hall–Kier alpha value is -0.950. The third-order valence-electron chi connectivity index (χ3n) is 3.87. The van der Waals surface area contributed by atoms with E-state index in [1.165, 1.54) is 0 Å². The highest BCUT2D eigenvalue weighted by Crippen LogP contribution is 2.16. The molecule has 1 aliphatic heterocycles. The Morgan fingerprint density at radius 1 is 1.25 bits per heavy atom. The van der Waals surface area contributed by atoms with Crippen LogP contribution in [0.25, 0.3) is 0 Å². The lowest BCUT2D eigenvalue weighted by atomic mass is 9.98. The van der Waals surface area contributed by atoms with Gasteiger partial charge in [-0.2, -0.15) is 0 Å². The molecule has 1 heterocycles. The zero-order valence-electron chi connectivity index (χ0n) is 11.9. The average molecular weight is 297 g/mol. The predicted molar refractivity (Wildman–Crippen MR) is 79.7 cm³/mol. The Morgan fingerprint density at radius 2 is 1.85 bits per heavy atom. The summed E-state index contributed by atoms with van der Waals surface area (Å²) in [6.07, 6.45) is 2.09. The highest BCUT2D eigenvalue weighted by Gasteiger charge is 2.20. The molecule has 112 valence electrons. The average Bonchev–Trinajstić information content (AvgIpc) is 2.47. The van der Waals surface area contributed by atoms with Gasteiger partial charge in [-0.05, 0) is 56.6 Å². The molecular formula is C14H23N3O2S. The van der Waals surface area contributed by atoms with Crippen molar-refractivity contribution in [3.8, 4) is 0 Å². The van der Waals surface area contributed by atoms with E-state index in [9.17, 15) is 8.42 Å². The molecule has 2 rings (SSSR count). The molecule has 0 aliphatic carbocycles. The van der Waals surface area contributed by atoms with E-state index in [2.05, 4.69) is 16.7 Å². The summed E-state index contributed by atoms with van der Waals surface area (Å²) in [5, 5.41) is 0. The quantitative estimate of drug-likeness (QED) is 0.841. The van der Waals surface area contributed by atoms with Crippen molar-refractivity contribution >= 4 is 10.0 Å². The van der Waals surface area contributed by atoms with Gasteiger partial charge in [0, 0.05) is 13.1 Å². The molecule has 0 radical (unpaired) electrons. The van der Waals surface area contributed by atoms with E-state index in [1.807, 2.05) is 0 Å². The molecule has 0 atom stereocenters. The molecule has 1 saturated heterocycles. The van der Waals surface area contributed by atoms with Gasteiger partial charge in [-0.3, -0.25) is 0 Å². The number of rotatable bonds is 5. The molecule has 6 heteroatoms. The summed E-state index contributed by atoms with van der Waals surface area (Å²) in [5.74, 6) is 0.435. The Bertz CT molecular complexity index is 520. The number of piperidine rings is 1. The summed E-state index contributed by atoms with van der Waals surface area (Å²) in [5.41, 5.74) is 6.44. The lowest BCUT2D eigenvalue weighted by molar-refractivity contribution is 0.220. The highest BCUT2D eigenvalue weighted by atomic mass is 32.2. The zero-order chi connectivity index (χ0) is 14.6. The Morgan fingerprint density at radius 3 is 2.40 bits per heavy atom. The number of benzene rings is 1. The lowest BCUT2D eigenvalue weighted by Gasteiger charge is -2.28. The normalized spacial score (nSPS) is 18.3. The molecule has 3 N–H and O–H groups in total. The van der Waals surface area contributed by atoms with Crippen LogP contribution in [0.15, 0.2) is 29.2 Å². The molecule has 0 aromatic heterocycles. The van der Waals surface area contributed by atoms with Gasteiger partial charge in [0.1, 0.15) is 0 Å². The largest absolute Gasteiger partial charge is 0.326 e. The monoisotopic (exact) mass is 297 g/mol. The fraction of sp³-hybridized carbons (Fsp3) is 0.571. The Labute approximate surface area is 121 Å². The fourth-order valence-electron chi connectivity index (χ4n) is 2.38. The summed E-state index contributed by atoms with van der Waals surface area (Å²) in [6, 6.07) is 6.73. The maximum atomic E-state index is 12.2. The summed E-state index contributed by atoms with van der Waals surface area (Å²) < 4.78 is 27.1. The van der Waals surface area contributed by atoms with Crippen LogP contribution in [-0.2, 0) is 16.6 Å². The first-order chi connectivity index (χ1) is 9.51. The van der Waals surface area contributed by atoms with Crippen LogP contribution in [-0.4, -0.2) is 40.0 Å². The molecule has 1 aromatic carbocycles. The van der Waals surface area contributed by atoms with Crippen LogP contribution in [0.4, 0.5) is 0 Å². The third kappa shape index (κ3) is 4.02. The van der Waals surface area contributed by atoms with E-state index >= 15 is 0 Å². The summed E-state index contributed by atoms with van der Waals surface area (Å²) in [6.45, 7) is 3.02. The second-order valence-electron chi connectivity index (χ2n) is 5.45. The van der Waals surface area contributed by atoms with Gasteiger partial charge in [0.2, 0.25) is 10.0 Å². The van der Waals surface area contributed by atoms with Crippen LogP contribution in [0.2, 0.25) is 0 Å². The number of nitrogens with one attached hydrogen (secondary N) is 1. The maximum Gasteiger partial charge on any atom is 0.240 e. The first-order valence-electron chi connectivity index (χ1n) is 6.98. The van der Waals surface area contributed by atoms with Crippen LogP contribution in [0.1, 0.15) is 18.4 Å². The highest BCUT2D eigenvalue weighted by molar-refractivity contribution is 7.89. The standard InChI is InChI=1S/C14H23N3O2S/c1-17-8-6-13(7-9-17)11-16-20(18,19)14-4-2-12(10-15)3-5-14/h2-5,13,16H,6-11,15H2,1H3. The number of nitrogens with two attached hydrogens (primary N) is 1. The van der Waals surface area contributed by atoms with Crippen molar-refractivity contribution in [2.75, 3.05) is 26.7 Å². The van der Waals surface area contributed by atoms with Gasteiger partial charge in [-0.1, -0.05) is 12.1 Å². The molecular weight excluding hydrogens is 274 g/mol. The van der Waals surface area contributed by atoms with Gasteiger partial charge in [0.25, 0.3) is 0 Å². The number of likely N-dealkylation sites (tertiary alicyclic amines) is 1. The van der Waals surface area contributed by atoms with Gasteiger partial charge < -0.3 is 10.6 Å². The van der Waals surface area contributed by atoms with E-state index in [0.717, 1.165) is 31.5 Å². The molecule has 0 unspecified atom stereocenters. The van der Waals surface area contributed by atoms with Gasteiger partial charge >= 0.3 is 0 Å². The molecule has 1 aromatic rings. The number of sulfonamides is 1. The number of hydrogen-bond donors (Lipinski definition) is 2. The van der Waals surface area contributed by atoms with Crippen LogP contribution in [0.3, 0.4) is 0 Å². The van der Waals surface area contributed by atoms with Gasteiger partial charge in [-0.25, -0.2) is 13.1 Å². The van der Waals surface area contributed by atoms with Crippen LogP contribution < -0.4 is 10.5 Å². The molecule has 20 heavy (non-hydrogen) atoms. The van der Waals surface area contributed by atoms with E-state index in [0.29, 0.717) is 23.9 Å². The first kappa shape index (κ1) is 15.4. The number of hydrogen-bond acceptors (Lipinski definition) is 4. The van der Waals surface area contributed by atoms with Gasteiger partial charge in [-0.15, -0.1) is 0 Å². The minimum Gasteiger partial charge on any atom is -0.326 e. The topological polar surface area (TPSA) is 75.4 Å². The van der Waals surface area contributed by atoms with Crippen molar-refractivity contribution in [2.24, 2.45) is 11.7 Å². The predicted octanol–water partition coefficient (Wildman–Crippen LogP) is 0.765. The van der Waals surface area contributed by atoms with Gasteiger partial charge in [0.05, 0.1) is 4.90 Å². The zero-order valence-corrected chi connectivity index (χ0v) is 12.7. The van der Waals surface area contributed by atoms with Crippen molar-refractivity contribution in [1.29, 1.82) is 0 Å². The van der Waals surface area contributed by atoms with Gasteiger partial charge in [0.15, 0.2) is 0 Å². The second-order valence-corrected chi connectivity index (χ2v) is 7.21. The van der Waals surface area contributed by atoms with E-state index < -0.39 is 10.0 Å². The van der Waals surface area contributed by atoms with Crippen molar-refractivity contribution in [2.45, 2.75) is 24.3 Å². The number of nitrogens with zero attached hydrogens (tertiary/aromatic N) is 1. The van der Waals surface area contributed by atoms with Crippen LogP contribution in [0.5, 0.6) is 0 Å². The van der Waals surface area contributed by atoms with Crippen LogP contribution in [0, 0.1) is 5.92 Å². The molecule has 1 aliphatic rings. The smallest absolute Gasteiger partial charge is 0.240 e. The van der Waals surface area contributed by atoms with Crippen LogP contribution >= 0.6 is 0 Å². The van der Waals surface area contributed by atoms with E-state index in [1.54, 1.807) is 24.3 Å². The summed E-state index contributed by atoms with van der Waals surface area (Å²) >= 11 is 0. The third-order valence-corrected chi connectivity index (χ3v) is 5.31.